The number of aliphatic hydroxyl groups is 1. The summed E-state index contributed by atoms with van der Waals surface area (Å²) in [4.78, 5) is 25.4. The topological polar surface area (TPSA) is 108 Å². The number of carbonyl (C=O) groups excluding carboxylic acids is 1. The first-order valence-corrected chi connectivity index (χ1v) is 26.7. The zero-order valence-corrected chi connectivity index (χ0v) is 40.6. The number of phosphoric ester groups is 1. The van der Waals surface area contributed by atoms with Gasteiger partial charge < -0.3 is 28.8 Å². The predicted octanol–water partition coefficient (Wildman–Crippen LogP) is 13.8. The van der Waals surface area contributed by atoms with Gasteiger partial charge in [0.05, 0.1) is 39.9 Å². The number of quaternary nitrogens is 1. The molecule has 0 bridgehead atoms. The second kappa shape index (κ2) is 42.3. The monoisotopic (exact) mass is 855 g/mol. The van der Waals surface area contributed by atoms with E-state index in [1.807, 2.05) is 27.2 Å². The van der Waals surface area contributed by atoms with Gasteiger partial charge in [-0.1, -0.05) is 212 Å². The van der Waals surface area contributed by atoms with E-state index in [4.69, 9.17) is 9.05 Å². The van der Waals surface area contributed by atoms with E-state index in [2.05, 4.69) is 31.3 Å². The lowest BCUT2D eigenvalue weighted by Gasteiger charge is -2.29. The molecule has 0 aliphatic rings. The zero-order chi connectivity index (χ0) is 43.6. The number of amides is 1. The number of rotatable bonds is 46. The Labute approximate surface area is 366 Å². The molecule has 0 spiro atoms. The summed E-state index contributed by atoms with van der Waals surface area (Å²) in [6.45, 7) is 4.66. The largest absolute Gasteiger partial charge is 0.756 e. The van der Waals surface area contributed by atoms with E-state index in [9.17, 15) is 19.4 Å². The molecule has 350 valence electrons. The van der Waals surface area contributed by atoms with Crippen LogP contribution in [0.5, 0.6) is 0 Å². The molecule has 0 heterocycles. The normalized spacial score (nSPS) is 14.4. The Kier molecular flexibility index (Phi) is 41.6. The number of nitrogens with zero attached hydrogens (tertiary/aromatic N) is 1. The van der Waals surface area contributed by atoms with Gasteiger partial charge in [0.15, 0.2) is 0 Å². The lowest BCUT2D eigenvalue weighted by molar-refractivity contribution is -0.870. The predicted molar refractivity (Wildman–Crippen MR) is 252 cm³/mol. The van der Waals surface area contributed by atoms with E-state index in [0.29, 0.717) is 17.4 Å². The summed E-state index contributed by atoms with van der Waals surface area (Å²) < 4.78 is 23.2. The molecule has 2 N–H and O–H groups in total. The maximum atomic E-state index is 12.9. The summed E-state index contributed by atoms with van der Waals surface area (Å²) in [6, 6.07) is -0.886. The lowest BCUT2D eigenvalue weighted by Crippen LogP contribution is -2.45. The number of aliphatic hydroxyl groups excluding tert-OH is 1. The molecule has 0 fully saturated rings. The van der Waals surface area contributed by atoms with Crippen molar-refractivity contribution in [3.63, 3.8) is 0 Å². The first-order chi connectivity index (χ1) is 28.5. The highest BCUT2D eigenvalue weighted by atomic mass is 31.2. The smallest absolute Gasteiger partial charge is 0.268 e. The van der Waals surface area contributed by atoms with Crippen molar-refractivity contribution in [3.8, 4) is 0 Å². The zero-order valence-electron chi connectivity index (χ0n) is 39.7. The maximum Gasteiger partial charge on any atom is 0.268 e. The summed E-state index contributed by atoms with van der Waals surface area (Å²) in [7, 11) is 1.26. The van der Waals surface area contributed by atoms with E-state index < -0.39 is 20.0 Å². The quantitative estimate of drug-likeness (QED) is 0.0273. The van der Waals surface area contributed by atoms with Crippen molar-refractivity contribution in [2.24, 2.45) is 0 Å². The lowest BCUT2D eigenvalue weighted by atomic mass is 10.0. The summed E-state index contributed by atoms with van der Waals surface area (Å²) in [5, 5.41) is 13.8. The van der Waals surface area contributed by atoms with Crippen LogP contribution in [-0.4, -0.2) is 68.5 Å². The van der Waals surface area contributed by atoms with Gasteiger partial charge in [-0.25, -0.2) is 0 Å². The Morgan fingerprint density at radius 1 is 0.576 bits per heavy atom. The second-order valence-electron chi connectivity index (χ2n) is 18.5. The molecule has 9 heteroatoms. The highest BCUT2D eigenvalue weighted by Crippen LogP contribution is 2.38. The standard InChI is InChI=1S/C50H99N2O6P/c1-6-8-10-12-14-16-18-20-22-23-24-25-26-27-28-29-30-32-34-36-38-40-42-44-50(54)51-48(47-58-59(55,56)57-46-45-52(3,4)5)49(53)43-41-39-37-35-33-31-21-19-17-15-13-11-9-7-2/h27-28,41,43,48-49,53H,6-26,29-40,42,44-47H2,1-5H3,(H-,51,54,55,56)/b28-27-,43-41+. The Morgan fingerprint density at radius 2 is 0.932 bits per heavy atom. The van der Waals surface area contributed by atoms with Crippen LogP contribution in [0.3, 0.4) is 0 Å². The van der Waals surface area contributed by atoms with Crippen molar-refractivity contribution in [1.82, 2.24) is 5.32 Å². The molecule has 0 saturated carbocycles. The summed E-state index contributed by atoms with van der Waals surface area (Å²) in [5.41, 5.74) is 0. The third-order valence-electron chi connectivity index (χ3n) is 11.4. The van der Waals surface area contributed by atoms with Crippen molar-refractivity contribution in [2.75, 3.05) is 40.9 Å². The second-order valence-corrected chi connectivity index (χ2v) is 19.9. The molecule has 8 nitrogen and oxygen atoms in total. The van der Waals surface area contributed by atoms with E-state index in [0.717, 1.165) is 38.5 Å². The van der Waals surface area contributed by atoms with Crippen LogP contribution in [0.1, 0.15) is 239 Å². The van der Waals surface area contributed by atoms with Crippen LogP contribution in [0, 0.1) is 0 Å². The fourth-order valence-corrected chi connectivity index (χ4v) is 8.11. The van der Waals surface area contributed by atoms with Gasteiger partial charge in [0, 0.05) is 6.42 Å². The molecule has 0 aromatic carbocycles. The highest BCUT2D eigenvalue weighted by molar-refractivity contribution is 7.45. The Bertz CT molecular complexity index is 1020. The number of hydrogen-bond donors (Lipinski definition) is 2. The van der Waals surface area contributed by atoms with Gasteiger partial charge in [-0.2, -0.15) is 0 Å². The molecule has 0 saturated heterocycles. The van der Waals surface area contributed by atoms with Gasteiger partial charge in [-0.15, -0.1) is 0 Å². The number of nitrogens with one attached hydrogen (secondary N) is 1. The molecular formula is C50H99N2O6P. The van der Waals surface area contributed by atoms with E-state index >= 15 is 0 Å². The van der Waals surface area contributed by atoms with Gasteiger partial charge in [0.25, 0.3) is 7.82 Å². The molecule has 3 unspecified atom stereocenters. The van der Waals surface area contributed by atoms with Gasteiger partial charge in [0.2, 0.25) is 5.91 Å². The molecule has 1 amide bonds. The Hall–Kier alpha value is -1.02. The third-order valence-corrected chi connectivity index (χ3v) is 12.4. The van der Waals surface area contributed by atoms with Crippen molar-refractivity contribution >= 4 is 13.7 Å². The van der Waals surface area contributed by atoms with Gasteiger partial charge in [-0.3, -0.25) is 9.36 Å². The number of allylic oxidation sites excluding steroid dienone is 3. The number of likely N-dealkylation sites (N-methyl/N-ethyl adjacent to an activating group) is 1. The molecule has 0 aliphatic carbocycles. The summed E-state index contributed by atoms with van der Waals surface area (Å²) in [5.74, 6) is -0.200. The molecule has 0 aliphatic heterocycles. The molecule has 59 heavy (non-hydrogen) atoms. The average molecular weight is 855 g/mol. The SMILES string of the molecule is CCCCCCCCCCCCCC/C=C\CCCCCCCCCC(=O)NC(COP(=O)([O-])OCC[N+](C)(C)C)C(O)/C=C/CCCCCCCCCCCCCC. The van der Waals surface area contributed by atoms with Crippen LogP contribution in [-0.2, 0) is 18.4 Å². The van der Waals surface area contributed by atoms with Crippen LogP contribution < -0.4 is 10.2 Å². The third kappa shape index (κ3) is 44.8. The molecule has 0 aromatic heterocycles. The van der Waals surface area contributed by atoms with Crippen molar-refractivity contribution in [1.29, 1.82) is 0 Å². The summed E-state index contributed by atoms with van der Waals surface area (Å²) >= 11 is 0. The average Bonchev–Trinajstić information content (AvgIpc) is 3.19. The van der Waals surface area contributed by atoms with E-state index in [1.165, 1.54) is 180 Å². The number of hydrogen-bond acceptors (Lipinski definition) is 6. The van der Waals surface area contributed by atoms with Crippen molar-refractivity contribution in [2.45, 2.75) is 251 Å². The minimum atomic E-state index is -4.59. The van der Waals surface area contributed by atoms with Crippen LogP contribution in [0.2, 0.25) is 0 Å². The number of unbranched alkanes of at least 4 members (excludes halogenated alkanes) is 31. The van der Waals surface area contributed by atoms with Crippen LogP contribution in [0.15, 0.2) is 24.3 Å². The molecule has 3 atom stereocenters. The van der Waals surface area contributed by atoms with Crippen LogP contribution >= 0.6 is 7.82 Å². The van der Waals surface area contributed by atoms with Crippen LogP contribution in [0.4, 0.5) is 0 Å². The van der Waals surface area contributed by atoms with Crippen LogP contribution in [0.25, 0.3) is 0 Å². The van der Waals surface area contributed by atoms with Crippen molar-refractivity contribution in [3.05, 3.63) is 24.3 Å². The van der Waals surface area contributed by atoms with E-state index in [-0.39, 0.29) is 19.1 Å². The number of phosphoric acid groups is 1. The number of carbonyl (C=O) groups is 1. The molecular weight excluding hydrogens is 756 g/mol. The van der Waals surface area contributed by atoms with Gasteiger partial charge in [-0.05, 0) is 44.9 Å². The maximum absolute atomic E-state index is 12.9. The first-order valence-electron chi connectivity index (χ1n) is 25.2. The first kappa shape index (κ1) is 58.0. The van der Waals surface area contributed by atoms with Gasteiger partial charge >= 0.3 is 0 Å². The van der Waals surface area contributed by atoms with Crippen molar-refractivity contribution < 1.29 is 32.9 Å². The van der Waals surface area contributed by atoms with Gasteiger partial charge in [0.1, 0.15) is 13.2 Å². The Morgan fingerprint density at radius 3 is 1.32 bits per heavy atom. The summed E-state index contributed by atoms with van der Waals surface area (Å²) in [6.07, 6.45) is 50.9. The molecule has 0 aromatic rings. The molecule has 0 rings (SSSR count). The molecule has 0 radical (unpaired) electrons. The minimum absolute atomic E-state index is 0.000602. The highest BCUT2D eigenvalue weighted by Gasteiger charge is 2.23. The Balaban J connectivity index is 4.26. The minimum Gasteiger partial charge on any atom is -0.756 e. The fourth-order valence-electron chi connectivity index (χ4n) is 7.38. The van der Waals surface area contributed by atoms with E-state index in [1.54, 1.807) is 6.08 Å². The fraction of sp³-hybridized carbons (Fsp3) is 0.900.